The average molecular weight is 319 g/mol. The molecule has 120 valence electrons. The molecule has 0 amide bonds. The highest BCUT2D eigenvalue weighted by molar-refractivity contribution is 5.85. The summed E-state index contributed by atoms with van der Waals surface area (Å²) in [6.45, 7) is 7.07. The molecular weight excluding hydrogens is 294 g/mol. The molecule has 1 fully saturated rings. The van der Waals surface area contributed by atoms with Crippen molar-refractivity contribution < 1.29 is 8.78 Å². The van der Waals surface area contributed by atoms with E-state index in [1.165, 1.54) is 12.1 Å². The van der Waals surface area contributed by atoms with Gasteiger partial charge in [0.05, 0.1) is 0 Å². The van der Waals surface area contributed by atoms with Crippen LogP contribution in [0.15, 0.2) is 18.2 Å². The Bertz CT molecular complexity index is 452. The van der Waals surface area contributed by atoms with E-state index in [-0.39, 0.29) is 17.9 Å². The van der Waals surface area contributed by atoms with Crippen LogP contribution in [0.1, 0.15) is 32.3 Å². The minimum atomic E-state index is -0.770. The van der Waals surface area contributed by atoms with Crippen LogP contribution in [0.4, 0.5) is 8.78 Å². The monoisotopic (exact) mass is 318 g/mol. The van der Waals surface area contributed by atoms with Crippen LogP contribution in [0.2, 0.25) is 0 Å². The Morgan fingerprint density at radius 2 is 1.81 bits per heavy atom. The molecule has 0 aliphatic carbocycles. The first kappa shape index (κ1) is 18.3. The van der Waals surface area contributed by atoms with E-state index in [2.05, 4.69) is 4.90 Å². The van der Waals surface area contributed by atoms with Gasteiger partial charge in [-0.2, -0.15) is 0 Å². The second-order valence-corrected chi connectivity index (χ2v) is 6.66. The summed E-state index contributed by atoms with van der Waals surface area (Å²) in [5, 5.41) is 0. The van der Waals surface area contributed by atoms with Crippen molar-refractivity contribution in [1.82, 2.24) is 4.90 Å². The Balaban J connectivity index is 0.00000220. The fourth-order valence-electron chi connectivity index (χ4n) is 2.92. The Morgan fingerprint density at radius 1 is 1.19 bits per heavy atom. The zero-order valence-corrected chi connectivity index (χ0v) is 13.6. The number of hydrogen-bond donors (Lipinski definition) is 1. The van der Waals surface area contributed by atoms with E-state index >= 15 is 0 Å². The smallest absolute Gasteiger partial charge is 0.159 e. The molecule has 0 radical (unpaired) electrons. The van der Waals surface area contributed by atoms with Crippen molar-refractivity contribution in [3.63, 3.8) is 0 Å². The summed E-state index contributed by atoms with van der Waals surface area (Å²) in [5.41, 5.74) is 6.77. The molecule has 0 bridgehead atoms. The molecule has 0 aromatic heterocycles. The summed E-state index contributed by atoms with van der Waals surface area (Å²) in [7, 11) is 0. The van der Waals surface area contributed by atoms with Gasteiger partial charge >= 0.3 is 0 Å². The Labute approximate surface area is 132 Å². The summed E-state index contributed by atoms with van der Waals surface area (Å²) in [5.74, 6) is -0.962. The van der Waals surface area contributed by atoms with Crippen LogP contribution in [-0.2, 0) is 6.42 Å². The first-order valence-corrected chi connectivity index (χ1v) is 7.29. The van der Waals surface area contributed by atoms with Crippen LogP contribution in [0, 0.1) is 17.6 Å². The molecule has 1 heterocycles. The van der Waals surface area contributed by atoms with E-state index in [1.54, 1.807) is 6.07 Å². The molecule has 0 saturated carbocycles. The predicted molar refractivity (Wildman–Crippen MR) is 84.7 cm³/mol. The third kappa shape index (κ3) is 5.89. The molecule has 1 aromatic rings. The zero-order valence-electron chi connectivity index (χ0n) is 12.7. The summed E-state index contributed by atoms with van der Waals surface area (Å²) in [6.07, 6.45) is 3.02. The van der Waals surface area contributed by atoms with Gasteiger partial charge in [0.1, 0.15) is 0 Å². The van der Waals surface area contributed by atoms with Crippen molar-refractivity contribution in [2.45, 2.75) is 38.6 Å². The minimum absolute atomic E-state index is 0. The normalized spacial score (nSPS) is 17.6. The number of likely N-dealkylation sites (tertiary alicyclic amines) is 1. The van der Waals surface area contributed by atoms with Gasteiger partial charge in [-0.15, -0.1) is 12.4 Å². The van der Waals surface area contributed by atoms with Gasteiger partial charge in [-0.3, -0.25) is 0 Å². The van der Waals surface area contributed by atoms with Crippen molar-refractivity contribution in [3.05, 3.63) is 35.4 Å². The van der Waals surface area contributed by atoms with E-state index in [0.717, 1.165) is 44.5 Å². The molecule has 0 spiro atoms. The van der Waals surface area contributed by atoms with Crippen LogP contribution in [0.3, 0.4) is 0 Å². The van der Waals surface area contributed by atoms with Crippen LogP contribution in [0.25, 0.3) is 0 Å². The molecular formula is C16H25ClF2N2. The SMILES string of the molecule is CC(C)(N)CN1CCC(Cc2ccc(F)c(F)c2)CC1.Cl. The number of nitrogens with zero attached hydrogens (tertiary/aromatic N) is 1. The van der Waals surface area contributed by atoms with Gasteiger partial charge in [0, 0.05) is 12.1 Å². The summed E-state index contributed by atoms with van der Waals surface area (Å²) in [6, 6.07) is 4.23. The van der Waals surface area contributed by atoms with Crippen LogP contribution in [-0.4, -0.2) is 30.1 Å². The highest BCUT2D eigenvalue weighted by Gasteiger charge is 2.23. The van der Waals surface area contributed by atoms with E-state index in [9.17, 15) is 8.78 Å². The van der Waals surface area contributed by atoms with Gasteiger partial charge in [0.15, 0.2) is 11.6 Å². The van der Waals surface area contributed by atoms with Crippen molar-refractivity contribution in [1.29, 1.82) is 0 Å². The third-order valence-corrected chi connectivity index (χ3v) is 3.85. The van der Waals surface area contributed by atoms with Gasteiger partial charge < -0.3 is 10.6 Å². The highest BCUT2D eigenvalue weighted by atomic mass is 35.5. The Kier molecular flexibility index (Phi) is 6.57. The standard InChI is InChI=1S/C16H24F2N2.ClH/c1-16(2,19)11-20-7-5-12(6-8-20)9-13-3-4-14(17)15(18)10-13;/h3-4,10,12H,5-9,11,19H2,1-2H3;1H. The van der Waals surface area contributed by atoms with Crippen molar-refractivity contribution >= 4 is 12.4 Å². The van der Waals surface area contributed by atoms with E-state index in [0.29, 0.717) is 5.92 Å². The lowest BCUT2D eigenvalue weighted by Crippen LogP contribution is -2.48. The molecule has 1 aliphatic rings. The van der Waals surface area contributed by atoms with E-state index in [4.69, 9.17) is 5.73 Å². The number of piperidine rings is 1. The average Bonchev–Trinajstić information content (AvgIpc) is 2.35. The quantitative estimate of drug-likeness (QED) is 0.922. The summed E-state index contributed by atoms with van der Waals surface area (Å²) in [4.78, 5) is 2.39. The predicted octanol–water partition coefficient (Wildman–Crippen LogP) is 3.38. The van der Waals surface area contributed by atoms with Crippen LogP contribution < -0.4 is 5.73 Å². The maximum absolute atomic E-state index is 13.2. The molecule has 2 rings (SSSR count). The molecule has 1 saturated heterocycles. The van der Waals surface area contributed by atoms with Crippen molar-refractivity contribution in [3.8, 4) is 0 Å². The maximum atomic E-state index is 13.2. The second-order valence-electron chi connectivity index (χ2n) is 6.66. The van der Waals surface area contributed by atoms with E-state index < -0.39 is 11.6 Å². The van der Waals surface area contributed by atoms with Crippen LogP contribution >= 0.6 is 12.4 Å². The topological polar surface area (TPSA) is 29.3 Å². The number of hydrogen-bond acceptors (Lipinski definition) is 2. The molecule has 1 aliphatic heterocycles. The first-order valence-electron chi connectivity index (χ1n) is 7.29. The molecule has 2 nitrogen and oxygen atoms in total. The van der Waals surface area contributed by atoms with E-state index in [1.807, 2.05) is 13.8 Å². The van der Waals surface area contributed by atoms with Crippen LogP contribution in [0.5, 0.6) is 0 Å². The molecule has 0 atom stereocenters. The largest absolute Gasteiger partial charge is 0.324 e. The Hall–Kier alpha value is -0.710. The minimum Gasteiger partial charge on any atom is -0.324 e. The number of benzene rings is 1. The first-order chi connectivity index (χ1) is 9.33. The number of nitrogens with two attached hydrogens (primary N) is 1. The maximum Gasteiger partial charge on any atom is 0.159 e. The second kappa shape index (κ2) is 7.52. The van der Waals surface area contributed by atoms with Gasteiger partial charge in [-0.05, 0) is 69.8 Å². The van der Waals surface area contributed by atoms with Gasteiger partial charge in [0.25, 0.3) is 0 Å². The fraction of sp³-hybridized carbons (Fsp3) is 0.625. The lowest BCUT2D eigenvalue weighted by atomic mass is 9.89. The summed E-state index contributed by atoms with van der Waals surface area (Å²) >= 11 is 0. The van der Waals surface area contributed by atoms with Gasteiger partial charge in [-0.25, -0.2) is 8.78 Å². The Morgan fingerprint density at radius 3 is 2.33 bits per heavy atom. The molecule has 0 unspecified atom stereocenters. The zero-order chi connectivity index (χ0) is 14.8. The van der Waals surface area contributed by atoms with Crippen molar-refractivity contribution in [2.24, 2.45) is 11.7 Å². The molecule has 2 N–H and O–H groups in total. The highest BCUT2D eigenvalue weighted by Crippen LogP contribution is 2.23. The fourth-order valence-corrected chi connectivity index (χ4v) is 2.92. The van der Waals surface area contributed by atoms with Gasteiger partial charge in [-0.1, -0.05) is 6.07 Å². The summed E-state index contributed by atoms with van der Waals surface area (Å²) < 4.78 is 26.1. The third-order valence-electron chi connectivity index (χ3n) is 3.85. The number of halogens is 3. The number of rotatable bonds is 4. The van der Waals surface area contributed by atoms with Gasteiger partial charge in [0.2, 0.25) is 0 Å². The molecule has 21 heavy (non-hydrogen) atoms. The molecule has 5 heteroatoms. The molecule has 1 aromatic carbocycles. The lowest BCUT2D eigenvalue weighted by molar-refractivity contribution is 0.157. The lowest BCUT2D eigenvalue weighted by Gasteiger charge is -2.35. The van der Waals surface area contributed by atoms with Crippen molar-refractivity contribution in [2.75, 3.05) is 19.6 Å².